The summed E-state index contributed by atoms with van der Waals surface area (Å²) in [7, 11) is 0. The van der Waals surface area contributed by atoms with Gasteiger partial charge in [0.25, 0.3) is 0 Å². The lowest BCUT2D eigenvalue weighted by Gasteiger charge is -2.09. The Labute approximate surface area is 154 Å². The highest BCUT2D eigenvalue weighted by Gasteiger charge is 2.20. The highest BCUT2D eigenvalue weighted by atomic mass is 32.1. The van der Waals surface area contributed by atoms with Crippen LogP contribution in [0.1, 0.15) is 27.7 Å². The Hall–Kier alpha value is -3.00. The van der Waals surface area contributed by atoms with E-state index in [1.54, 1.807) is 6.92 Å². The number of rotatable bonds is 6. The van der Waals surface area contributed by atoms with Gasteiger partial charge < -0.3 is 4.74 Å². The van der Waals surface area contributed by atoms with E-state index in [2.05, 4.69) is 20.8 Å². The topological polar surface area (TPSA) is 93.2 Å². The predicted molar refractivity (Wildman–Crippen MR) is 100 cm³/mol. The molecule has 3 aromatic rings. The number of carbonyl (C=O) groups is 2. The van der Waals surface area contributed by atoms with Gasteiger partial charge in [0.05, 0.1) is 18.4 Å². The Morgan fingerprint density at radius 2 is 1.96 bits per heavy atom. The van der Waals surface area contributed by atoms with Crippen LogP contribution in [-0.4, -0.2) is 28.5 Å². The zero-order valence-electron chi connectivity index (χ0n) is 14.4. The molecule has 2 aromatic heterocycles. The number of aryl methyl sites for hydroxylation is 1. The van der Waals surface area contributed by atoms with Crippen molar-refractivity contribution < 1.29 is 14.3 Å². The third-order valence-corrected chi connectivity index (χ3v) is 4.90. The second kappa shape index (κ2) is 7.92. The number of fused-ring (bicyclic) bond motifs is 1. The Kier molecular flexibility index (Phi) is 5.43. The van der Waals surface area contributed by atoms with E-state index in [4.69, 9.17) is 4.74 Å². The second-order valence-electron chi connectivity index (χ2n) is 5.51. The molecule has 0 saturated heterocycles. The van der Waals surface area contributed by atoms with Crippen molar-refractivity contribution >= 4 is 39.2 Å². The quantitative estimate of drug-likeness (QED) is 0.512. The van der Waals surface area contributed by atoms with Crippen LogP contribution >= 0.6 is 11.3 Å². The average Bonchev–Trinajstić information content (AvgIpc) is 2.99. The minimum absolute atomic E-state index is 0.193. The van der Waals surface area contributed by atoms with Crippen LogP contribution in [0.5, 0.6) is 0 Å². The Balaban J connectivity index is 1.77. The zero-order chi connectivity index (χ0) is 18.5. The normalized spacial score (nSPS) is 10.5. The number of aromatic nitrogens is 2. The van der Waals surface area contributed by atoms with Gasteiger partial charge in [-0.1, -0.05) is 30.3 Å². The van der Waals surface area contributed by atoms with Crippen molar-refractivity contribution in [2.75, 3.05) is 12.0 Å². The maximum absolute atomic E-state index is 12.1. The minimum atomic E-state index is -0.382. The molecule has 3 rings (SSSR count). The largest absolute Gasteiger partial charge is 0.462 e. The van der Waals surface area contributed by atoms with Crippen molar-refractivity contribution in [3.63, 3.8) is 0 Å². The van der Waals surface area contributed by atoms with Gasteiger partial charge in [-0.25, -0.2) is 14.8 Å². The number of hydrogen-bond donors (Lipinski definition) is 2. The number of carbonyl (C=O) groups excluding carboxylic acids is 2. The molecule has 2 heterocycles. The molecule has 7 nitrogen and oxygen atoms in total. The standard InChI is InChI=1S/C18H18N4O3S/c1-3-25-18(24)15-11(2)14-16(19-10-20-17(14)26-15)22-21-13(23)9-12-7-5-4-6-8-12/h4-8,10H,3,9H2,1-2H3,(H,21,23)(H,19,20,22). The number of benzene rings is 1. The van der Waals surface area contributed by atoms with Gasteiger partial charge >= 0.3 is 5.97 Å². The van der Waals surface area contributed by atoms with Crippen molar-refractivity contribution in [1.29, 1.82) is 0 Å². The molecule has 134 valence electrons. The lowest BCUT2D eigenvalue weighted by atomic mass is 10.1. The number of hydrazine groups is 1. The first-order valence-electron chi connectivity index (χ1n) is 8.10. The van der Waals surface area contributed by atoms with Crippen LogP contribution in [-0.2, 0) is 16.0 Å². The van der Waals surface area contributed by atoms with E-state index in [0.717, 1.165) is 11.1 Å². The van der Waals surface area contributed by atoms with Gasteiger partial charge in [0, 0.05) is 0 Å². The summed E-state index contributed by atoms with van der Waals surface area (Å²) in [5.41, 5.74) is 7.12. The lowest BCUT2D eigenvalue weighted by molar-refractivity contribution is -0.119. The molecule has 0 spiro atoms. The predicted octanol–water partition coefficient (Wildman–Crippen LogP) is 2.86. The van der Waals surface area contributed by atoms with E-state index in [1.165, 1.54) is 17.7 Å². The number of hydrogen-bond acceptors (Lipinski definition) is 7. The van der Waals surface area contributed by atoms with Crippen LogP contribution < -0.4 is 10.9 Å². The molecule has 2 N–H and O–H groups in total. The van der Waals surface area contributed by atoms with E-state index in [0.29, 0.717) is 27.5 Å². The molecule has 26 heavy (non-hydrogen) atoms. The fourth-order valence-electron chi connectivity index (χ4n) is 2.51. The average molecular weight is 370 g/mol. The van der Waals surface area contributed by atoms with Crippen LogP contribution in [0.2, 0.25) is 0 Å². The lowest BCUT2D eigenvalue weighted by Crippen LogP contribution is -2.31. The number of nitrogens with zero attached hydrogens (tertiary/aromatic N) is 2. The summed E-state index contributed by atoms with van der Waals surface area (Å²) in [6.07, 6.45) is 1.64. The first-order valence-corrected chi connectivity index (χ1v) is 8.91. The van der Waals surface area contributed by atoms with E-state index >= 15 is 0 Å². The fourth-order valence-corrected chi connectivity index (χ4v) is 3.55. The molecule has 1 aromatic carbocycles. The van der Waals surface area contributed by atoms with Gasteiger partial charge in [-0.05, 0) is 25.0 Å². The third-order valence-electron chi connectivity index (χ3n) is 3.72. The third kappa shape index (κ3) is 3.80. The van der Waals surface area contributed by atoms with Gasteiger partial charge in [-0.15, -0.1) is 11.3 Å². The first-order chi connectivity index (χ1) is 12.6. The molecule has 0 bridgehead atoms. The van der Waals surface area contributed by atoms with E-state index in [9.17, 15) is 9.59 Å². The number of ether oxygens (including phenoxy) is 1. The van der Waals surface area contributed by atoms with E-state index in [-0.39, 0.29) is 18.3 Å². The summed E-state index contributed by atoms with van der Waals surface area (Å²) in [5, 5.41) is 0.695. The van der Waals surface area contributed by atoms with Crippen LogP contribution in [0, 0.1) is 6.92 Å². The van der Waals surface area contributed by atoms with Crippen molar-refractivity contribution in [1.82, 2.24) is 15.4 Å². The number of thiophene rings is 1. The molecule has 0 radical (unpaired) electrons. The Morgan fingerprint density at radius 3 is 2.69 bits per heavy atom. The van der Waals surface area contributed by atoms with Crippen LogP contribution in [0.3, 0.4) is 0 Å². The minimum Gasteiger partial charge on any atom is -0.462 e. The summed E-state index contributed by atoms with van der Waals surface area (Å²) in [4.78, 5) is 33.7. The van der Waals surface area contributed by atoms with Gasteiger partial charge in [0.15, 0.2) is 5.82 Å². The Morgan fingerprint density at radius 1 is 1.19 bits per heavy atom. The van der Waals surface area contributed by atoms with Gasteiger partial charge in [-0.2, -0.15) is 0 Å². The summed E-state index contributed by atoms with van der Waals surface area (Å²) < 4.78 is 5.08. The van der Waals surface area contributed by atoms with Crippen molar-refractivity contribution in [3.8, 4) is 0 Å². The highest BCUT2D eigenvalue weighted by Crippen LogP contribution is 2.33. The van der Waals surface area contributed by atoms with Crippen molar-refractivity contribution in [3.05, 3.63) is 52.7 Å². The molecular weight excluding hydrogens is 352 g/mol. The molecular formula is C18H18N4O3S. The highest BCUT2D eigenvalue weighted by molar-refractivity contribution is 7.20. The molecule has 0 atom stereocenters. The molecule has 0 aliphatic carbocycles. The molecule has 0 fully saturated rings. The molecule has 0 unspecified atom stereocenters. The molecule has 0 saturated carbocycles. The molecule has 1 amide bonds. The van der Waals surface area contributed by atoms with Gasteiger partial charge in [0.1, 0.15) is 16.0 Å². The summed E-state index contributed by atoms with van der Waals surface area (Å²) in [5.74, 6) is -0.130. The van der Waals surface area contributed by atoms with Gasteiger partial charge in [-0.3, -0.25) is 15.6 Å². The van der Waals surface area contributed by atoms with Crippen molar-refractivity contribution in [2.45, 2.75) is 20.3 Å². The number of esters is 1. The van der Waals surface area contributed by atoms with Crippen LogP contribution in [0.15, 0.2) is 36.7 Å². The van der Waals surface area contributed by atoms with Crippen molar-refractivity contribution in [2.24, 2.45) is 0 Å². The van der Waals surface area contributed by atoms with Gasteiger partial charge in [0.2, 0.25) is 5.91 Å². The number of anilines is 1. The SMILES string of the molecule is CCOC(=O)c1sc2ncnc(NNC(=O)Cc3ccccc3)c2c1C. The van der Waals surface area contributed by atoms with E-state index < -0.39 is 0 Å². The summed E-state index contributed by atoms with van der Waals surface area (Å²) >= 11 is 1.24. The maximum Gasteiger partial charge on any atom is 0.348 e. The molecule has 0 aliphatic heterocycles. The van der Waals surface area contributed by atoms with Crippen LogP contribution in [0.25, 0.3) is 10.2 Å². The van der Waals surface area contributed by atoms with E-state index in [1.807, 2.05) is 37.3 Å². The maximum atomic E-state index is 12.1. The molecule has 0 aliphatic rings. The Bertz CT molecular complexity index is 940. The second-order valence-corrected chi connectivity index (χ2v) is 6.51. The monoisotopic (exact) mass is 370 g/mol. The number of amides is 1. The number of nitrogens with one attached hydrogen (secondary N) is 2. The summed E-state index contributed by atoms with van der Waals surface area (Å²) in [6.45, 7) is 3.87. The smallest absolute Gasteiger partial charge is 0.348 e. The van der Waals surface area contributed by atoms with Crippen LogP contribution in [0.4, 0.5) is 5.82 Å². The summed E-state index contributed by atoms with van der Waals surface area (Å²) in [6, 6.07) is 9.44. The first kappa shape index (κ1) is 17.8. The molecule has 8 heteroatoms. The zero-order valence-corrected chi connectivity index (χ0v) is 15.2. The fraction of sp³-hybridized carbons (Fsp3) is 0.222.